The van der Waals surface area contributed by atoms with E-state index in [2.05, 4.69) is 76.7 Å². The summed E-state index contributed by atoms with van der Waals surface area (Å²) in [4.78, 5) is 18.0. The third-order valence-electron chi connectivity index (χ3n) is 6.05. The highest BCUT2D eigenvalue weighted by Gasteiger charge is 2.38. The van der Waals surface area contributed by atoms with Crippen molar-refractivity contribution in [1.29, 1.82) is 0 Å². The fourth-order valence-corrected chi connectivity index (χ4v) is 5.90. The molecule has 3 aromatic carbocycles. The molecule has 5 rings (SSSR count). The van der Waals surface area contributed by atoms with Crippen molar-refractivity contribution in [2.75, 3.05) is 16.8 Å². The van der Waals surface area contributed by atoms with Crippen molar-refractivity contribution in [3.63, 3.8) is 0 Å². The molecule has 5 heteroatoms. The van der Waals surface area contributed by atoms with Crippen LogP contribution in [0, 0.1) is 0 Å². The molecule has 2 aliphatic heterocycles. The van der Waals surface area contributed by atoms with Gasteiger partial charge in [0.25, 0.3) is 0 Å². The van der Waals surface area contributed by atoms with Gasteiger partial charge in [0, 0.05) is 26.5 Å². The largest absolute Gasteiger partial charge is 0.354 e. The van der Waals surface area contributed by atoms with E-state index in [1.54, 1.807) is 11.8 Å². The molecule has 31 heavy (non-hydrogen) atoms. The highest BCUT2D eigenvalue weighted by Crippen LogP contribution is 2.48. The molecule has 2 heterocycles. The van der Waals surface area contributed by atoms with Crippen molar-refractivity contribution in [2.45, 2.75) is 48.3 Å². The average Bonchev–Trinajstić information content (AvgIpc) is 3.05. The topological polar surface area (TPSA) is 32.3 Å². The molecular formula is C26H25BrN2OS. The number of nitrogens with zero attached hydrogens (tertiary/aromatic N) is 1. The SMILES string of the molecule is CCCCCCN1C(=O)C(c2ccc3c(c2)Sc2ccccc2N3)c2cc(Br)ccc21. The van der Waals surface area contributed by atoms with Gasteiger partial charge >= 0.3 is 0 Å². The molecule has 0 aliphatic carbocycles. The maximum absolute atomic E-state index is 13.6. The number of hydrogen-bond acceptors (Lipinski definition) is 3. The molecule has 158 valence electrons. The maximum atomic E-state index is 13.6. The van der Waals surface area contributed by atoms with Gasteiger partial charge in [-0.3, -0.25) is 4.79 Å². The summed E-state index contributed by atoms with van der Waals surface area (Å²) in [5.74, 6) is -0.0551. The number of nitrogens with one attached hydrogen (secondary N) is 1. The Morgan fingerprint density at radius 1 is 0.968 bits per heavy atom. The summed E-state index contributed by atoms with van der Waals surface area (Å²) >= 11 is 5.38. The second kappa shape index (κ2) is 8.71. The van der Waals surface area contributed by atoms with Gasteiger partial charge in [-0.25, -0.2) is 0 Å². The first-order valence-electron chi connectivity index (χ1n) is 10.9. The molecule has 0 saturated carbocycles. The Morgan fingerprint density at radius 3 is 2.68 bits per heavy atom. The van der Waals surface area contributed by atoms with E-state index in [1.165, 1.54) is 22.6 Å². The molecule has 3 nitrogen and oxygen atoms in total. The Balaban J connectivity index is 1.48. The normalized spacial score (nSPS) is 16.5. The first-order chi connectivity index (χ1) is 15.2. The number of rotatable bonds is 6. The molecule has 1 atom stereocenters. The first kappa shape index (κ1) is 20.7. The van der Waals surface area contributed by atoms with Crippen LogP contribution in [0.4, 0.5) is 17.1 Å². The number of para-hydroxylation sites is 1. The smallest absolute Gasteiger partial charge is 0.239 e. The molecule has 0 fully saturated rings. The summed E-state index contributed by atoms with van der Waals surface area (Å²) in [6, 6.07) is 21.0. The van der Waals surface area contributed by atoms with Crippen molar-refractivity contribution in [3.8, 4) is 0 Å². The number of carbonyl (C=O) groups is 1. The summed E-state index contributed by atoms with van der Waals surface area (Å²) in [7, 11) is 0. The molecular weight excluding hydrogens is 468 g/mol. The Morgan fingerprint density at radius 2 is 1.81 bits per heavy atom. The van der Waals surface area contributed by atoms with Gasteiger partial charge in [-0.2, -0.15) is 0 Å². The fourth-order valence-electron chi connectivity index (χ4n) is 4.49. The van der Waals surface area contributed by atoms with Gasteiger partial charge in [-0.1, -0.05) is 72.1 Å². The minimum absolute atomic E-state index is 0.193. The predicted molar refractivity (Wildman–Crippen MR) is 133 cm³/mol. The van der Waals surface area contributed by atoms with Gasteiger partial charge < -0.3 is 10.2 Å². The molecule has 1 N–H and O–H groups in total. The quantitative estimate of drug-likeness (QED) is 0.279. The summed E-state index contributed by atoms with van der Waals surface area (Å²) in [5.41, 5.74) is 5.46. The van der Waals surface area contributed by atoms with Gasteiger partial charge in [-0.05, 0) is 60.0 Å². The molecule has 2 aliphatic rings. The van der Waals surface area contributed by atoms with Crippen LogP contribution in [0.25, 0.3) is 0 Å². The van der Waals surface area contributed by atoms with Crippen LogP contribution in [0.2, 0.25) is 0 Å². The highest BCUT2D eigenvalue weighted by molar-refractivity contribution is 9.10. The second-order valence-electron chi connectivity index (χ2n) is 8.17. The van der Waals surface area contributed by atoms with Gasteiger partial charge in [0.2, 0.25) is 5.91 Å². The minimum Gasteiger partial charge on any atom is -0.354 e. The predicted octanol–water partition coefficient (Wildman–Crippen LogP) is 7.72. The minimum atomic E-state index is -0.248. The molecule has 1 unspecified atom stereocenters. The van der Waals surface area contributed by atoms with Gasteiger partial charge in [0.15, 0.2) is 0 Å². The summed E-state index contributed by atoms with van der Waals surface area (Å²) in [6.07, 6.45) is 4.62. The lowest BCUT2D eigenvalue weighted by atomic mass is 9.92. The van der Waals surface area contributed by atoms with E-state index in [4.69, 9.17) is 0 Å². The molecule has 3 aromatic rings. The third-order valence-corrected chi connectivity index (χ3v) is 7.68. The zero-order chi connectivity index (χ0) is 21.4. The van der Waals surface area contributed by atoms with Gasteiger partial charge in [-0.15, -0.1) is 0 Å². The number of hydrogen-bond donors (Lipinski definition) is 1. The van der Waals surface area contributed by atoms with Crippen LogP contribution in [0.5, 0.6) is 0 Å². The van der Waals surface area contributed by atoms with Crippen LogP contribution >= 0.6 is 27.7 Å². The van der Waals surface area contributed by atoms with Crippen LogP contribution in [0.3, 0.4) is 0 Å². The van der Waals surface area contributed by atoms with Crippen molar-refractivity contribution in [2.24, 2.45) is 0 Å². The zero-order valence-corrected chi connectivity index (χ0v) is 19.9. The zero-order valence-electron chi connectivity index (χ0n) is 17.5. The Labute approximate surface area is 196 Å². The van der Waals surface area contributed by atoms with Crippen LogP contribution in [-0.2, 0) is 4.79 Å². The number of halogens is 1. The third kappa shape index (κ3) is 3.90. The van der Waals surface area contributed by atoms with E-state index >= 15 is 0 Å². The van der Waals surface area contributed by atoms with Crippen molar-refractivity contribution in [3.05, 3.63) is 76.3 Å². The van der Waals surface area contributed by atoms with Crippen molar-refractivity contribution >= 4 is 50.7 Å². The van der Waals surface area contributed by atoms with Crippen LogP contribution in [-0.4, -0.2) is 12.5 Å². The second-order valence-corrected chi connectivity index (χ2v) is 10.2. The lowest BCUT2D eigenvalue weighted by molar-refractivity contribution is -0.118. The molecule has 1 amide bonds. The lowest BCUT2D eigenvalue weighted by Gasteiger charge is -2.22. The van der Waals surface area contributed by atoms with E-state index in [1.807, 2.05) is 17.0 Å². The van der Waals surface area contributed by atoms with Crippen LogP contribution in [0.15, 0.2) is 74.9 Å². The monoisotopic (exact) mass is 492 g/mol. The lowest BCUT2D eigenvalue weighted by Crippen LogP contribution is -2.30. The number of fused-ring (bicyclic) bond motifs is 3. The van der Waals surface area contributed by atoms with E-state index in [0.717, 1.165) is 52.0 Å². The van der Waals surface area contributed by atoms with Crippen LogP contribution < -0.4 is 10.2 Å². The van der Waals surface area contributed by atoms with E-state index in [0.29, 0.717) is 0 Å². The Hall–Kier alpha value is -2.24. The van der Waals surface area contributed by atoms with E-state index in [-0.39, 0.29) is 11.8 Å². The number of unbranched alkanes of at least 4 members (excludes halogenated alkanes) is 3. The van der Waals surface area contributed by atoms with Crippen molar-refractivity contribution in [1.82, 2.24) is 0 Å². The molecule has 0 aromatic heterocycles. The first-order valence-corrected chi connectivity index (χ1v) is 12.6. The molecule has 0 saturated heterocycles. The number of benzene rings is 3. The van der Waals surface area contributed by atoms with Gasteiger partial charge in [0.05, 0.1) is 17.3 Å². The number of anilines is 3. The summed E-state index contributed by atoms with van der Waals surface area (Å²) < 4.78 is 1.01. The molecule has 0 bridgehead atoms. The maximum Gasteiger partial charge on any atom is 0.239 e. The van der Waals surface area contributed by atoms with E-state index < -0.39 is 0 Å². The van der Waals surface area contributed by atoms with Gasteiger partial charge in [0.1, 0.15) is 0 Å². The van der Waals surface area contributed by atoms with Crippen LogP contribution in [0.1, 0.15) is 49.7 Å². The fraction of sp³-hybridized carbons (Fsp3) is 0.269. The molecule has 0 radical (unpaired) electrons. The standard InChI is InChI=1S/C26H25BrN2OS/c1-2-3-4-7-14-29-22-13-11-18(27)16-19(22)25(26(29)30)17-10-12-21-24(15-17)31-23-9-6-5-8-20(23)28-21/h5-6,8-13,15-16,25,28H,2-4,7,14H2,1H3. The van der Waals surface area contributed by atoms with E-state index in [9.17, 15) is 4.79 Å². The van der Waals surface area contributed by atoms with Crippen molar-refractivity contribution < 1.29 is 4.79 Å². The summed E-state index contributed by atoms with van der Waals surface area (Å²) in [5, 5.41) is 3.52. The summed E-state index contributed by atoms with van der Waals surface area (Å²) in [6.45, 7) is 3.00. The Kier molecular flexibility index (Phi) is 5.81. The number of amides is 1. The highest BCUT2D eigenvalue weighted by atomic mass is 79.9. The Bertz CT molecular complexity index is 1150. The number of carbonyl (C=O) groups excluding carboxylic acids is 1. The molecule has 0 spiro atoms. The average molecular weight is 493 g/mol.